The third-order valence-corrected chi connectivity index (χ3v) is 2.87. The maximum absolute atomic E-state index is 12.0. The normalized spacial score (nSPS) is 11.9. The number of hydrogen-bond donors (Lipinski definition) is 2. The van der Waals surface area contributed by atoms with Gasteiger partial charge in [0.25, 0.3) is 5.91 Å². The molecule has 1 rings (SSSR count). The second-order valence-corrected chi connectivity index (χ2v) is 4.59. The summed E-state index contributed by atoms with van der Waals surface area (Å²) in [5.74, 6) is 0.625. The zero-order chi connectivity index (χ0) is 14.8. The Hall–Kier alpha value is -1.59. The van der Waals surface area contributed by atoms with Gasteiger partial charge in [0.2, 0.25) is 0 Å². The summed E-state index contributed by atoms with van der Waals surface area (Å²) in [6.07, 6.45) is 2.12. The van der Waals surface area contributed by atoms with Crippen molar-refractivity contribution in [2.24, 2.45) is 5.73 Å². The Labute approximate surface area is 120 Å². The molecule has 1 unspecified atom stereocenters. The molecule has 0 aliphatic rings. The molecule has 0 aromatic heterocycles. The average Bonchev–Trinajstić information content (AvgIpc) is 2.47. The van der Waals surface area contributed by atoms with Crippen molar-refractivity contribution in [1.29, 1.82) is 0 Å². The third kappa shape index (κ3) is 5.59. The number of rotatable bonds is 9. The van der Waals surface area contributed by atoms with Crippen LogP contribution in [-0.4, -0.2) is 38.8 Å². The van der Waals surface area contributed by atoms with Crippen molar-refractivity contribution in [3.63, 3.8) is 0 Å². The van der Waals surface area contributed by atoms with Gasteiger partial charge in [-0.2, -0.15) is 0 Å². The van der Waals surface area contributed by atoms with Gasteiger partial charge in [0, 0.05) is 19.2 Å². The Morgan fingerprint density at radius 2 is 2.05 bits per heavy atom. The molecule has 0 spiro atoms. The van der Waals surface area contributed by atoms with E-state index in [0.717, 1.165) is 18.6 Å². The smallest absolute Gasteiger partial charge is 0.251 e. The van der Waals surface area contributed by atoms with E-state index in [9.17, 15) is 4.79 Å². The van der Waals surface area contributed by atoms with Gasteiger partial charge in [-0.1, -0.05) is 13.3 Å². The summed E-state index contributed by atoms with van der Waals surface area (Å²) in [6.45, 7) is 3.56. The lowest BCUT2D eigenvalue weighted by molar-refractivity contribution is 0.0900. The van der Waals surface area contributed by atoms with E-state index in [0.29, 0.717) is 25.3 Å². The number of hydrogen-bond acceptors (Lipinski definition) is 4. The van der Waals surface area contributed by atoms with E-state index in [1.807, 2.05) is 0 Å². The summed E-state index contributed by atoms with van der Waals surface area (Å²) in [5, 5.41) is 2.83. The van der Waals surface area contributed by atoms with E-state index < -0.39 is 0 Å². The number of carbonyl (C=O) groups excluding carboxylic acids is 1. The first-order valence-electron chi connectivity index (χ1n) is 6.94. The summed E-state index contributed by atoms with van der Waals surface area (Å²) in [6, 6.07) is 6.93. The molecule has 20 heavy (non-hydrogen) atoms. The van der Waals surface area contributed by atoms with Gasteiger partial charge >= 0.3 is 0 Å². The highest BCUT2D eigenvalue weighted by molar-refractivity contribution is 5.94. The van der Waals surface area contributed by atoms with Crippen molar-refractivity contribution in [3.05, 3.63) is 29.8 Å². The zero-order valence-corrected chi connectivity index (χ0v) is 12.2. The lowest BCUT2D eigenvalue weighted by atomic mass is 10.2. The molecule has 0 bridgehead atoms. The van der Waals surface area contributed by atoms with Gasteiger partial charge in [0.1, 0.15) is 5.75 Å². The topological polar surface area (TPSA) is 73.6 Å². The molecule has 0 saturated carbocycles. The second-order valence-electron chi connectivity index (χ2n) is 4.59. The minimum absolute atomic E-state index is 0.155. The highest BCUT2D eigenvalue weighted by Gasteiger charge is 2.12. The summed E-state index contributed by atoms with van der Waals surface area (Å²) in [5.41, 5.74) is 6.15. The van der Waals surface area contributed by atoms with Gasteiger partial charge in [-0.05, 0) is 30.7 Å². The predicted molar refractivity (Wildman–Crippen MR) is 79.0 cm³/mol. The van der Waals surface area contributed by atoms with Crippen molar-refractivity contribution in [2.45, 2.75) is 25.8 Å². The van der Waals surface area contributed by atoms with Crippen LogP contribution in [0.15, 0.2) is 24.3 Å². The number of nitrogens with two attached hydrogens (primary N) is 1. The molecule has 1 amide bonds. The Bertz CT molecular complexity index is 393. The van der Waals surface area contributed by atoms with Crippen LogP contribution in [-0.2, 0) is 4.74 Å². The van der Waals surface area contributed by atoms with E-state index in [-0.39, 0.29) is 11.9 Å². The Morgan fingerprint density at radius 1 is 1.35 bits per heavy atom. The third-order valence-electron chi connectivity index (χ3n) is 2.87. The van der Waals surface area contributed by atoms with Gasteiger partial charge in [-0.3, -0.25) is 4.79 Å². The number of amides is 1. The first-order valence-corrected chi connectivity index (χ1v) is 6.94. The SMILES string of the molecule is CCCCOc1ccc(C(=O)NC(CN)COC)cc1. The van der Waals surface area contributed by atoms with Crippen molar-refractivity contribution in [1.82, 2.24) is 5.32 Å². The van der Waals surface area contributed by atoms with Crippen LogP contribution < -0.4 is 15.8 Å². The molecule has 5 heteroatoms. The molecule has 112 valence electrons. The molecule has 0 aliphatic carbocycles. The zero-order valence-electron chi connectivity index (χ0n) is 12.2. The van der Waals surface area contributed by atoms with Crippen LogP contribution in [0.1, 0.15) is 30.1 Å². The summed E-state index contributed by atoms with van der Waals surface area (Å²) in [7, 11) is 1.58. The Morgan fingerprint density at radius 3 is 2.60 bits per heavy atom. The molecule has 0 heterocycles. The maximum Gasteiger partial charge on any atom is 0.251 e. The molecule has 5 nitrogen and oxygen atoms in total. The van der Waals surface area contributed by atoms with Crippen molar-refractivity contribution < 1.29 is 14.3 Å². The number of carbonyl (C=O) groups is 1. The van der Waals surface area contributed by atoms with Gasteiger partial charge in [-0.15, -0.1) is 0 Å². The van der Waals surface area contributed by atoms with Gasteiger partial charge < -0.3 is 20.5 Å². The van der Waals surface area contributed by atoms with Crippen LogP contribution in [0.2, 0.25) is 0 Å². The van der Waals surface area contributed by atoms with Crippen LogP contribution in [0.3, 0.4) is 0 Å². The maximum atomic E-state index is 12.0. The van der Waals surface area contributed by atoms with E-state index in [1.165, 1.54) is 0 Å². The van der Waals surface area contributed by atoms with E-state index in [4.69, 9.17) is 15.2 Å². The largest absolute Gasteiger partial charge is 0.494 e. The van der Waals surface area contributed by atoms with Crippen LogP contribution >= 0.6 is 0 Å². The molecular formula is C15H24N2O3. The lowest BCUT2D eigenvalue weighted by Gasteiger charge is -2.15. The van der Waals surface area contributed by atoms with Gasteiger partial charge in [0.05, 0.1) is 19.3 Å². The standard InChI is InChI=1S/C15H24N2O3/c1-3-4-9-20-14-7-5-12(6-8-14)15(18)17-13(10-16)11-19-2/h5-8,13H,3-4,9-11,16H2,1-2H3,(H,17,18). The number of methoxy groups -OCH3 is 1. The Kier molecular flexibility index (Phi) is 7.69. The van der Waals surface area contributed by atoms with Crippen LogP contribution in [0.5, 0.6) is 5.75 Å². The van der Waals surface area contributed by atoms with Crippen molar-refractivity contribution >= 4 is 5.91 Å². The fraction of sp³-hybridized carbons (Fsp3) is 0.533. The molecule has 1 atom stereocenters. The molecule has 0 aliphatic heterocycles. The minimum Gasteiger partial charge on any atom is -0.494 e. The molecule has 0 fully saturated rings. The summed E-state index contributed by atoms with van der Waals surface area (Å²) in [4.78, 5) is 12.0. The fourth-order valence-corrected chi connectivity index (χ4v) is 1.68. The van der Waals surface area contributed by atoms with Crippen molar-refractivity contribution in [2.75, 3.05) is 26.9 Å². The number of nitrogens with one attached hydrogen (secondary N) is 1. The highest BCUT2D eigenvalue weighted by atomic mass is 16.5. The Balaban J connectivity index is 2.52. The van der Waals surface area contributed by atoms with E-state index in [1.54, 1.807) is 31.4 Å². The molecule has 0 saturated heterocycles. The molecule has 3 N–H and O–H groups in total. The number of unbranched alkanes of at least 4 members (excludes halogenated alkanes) is 1. The van der Waals surface area contributed by atoms with Crippen molar-refractivity contribution in [3.8, 4) is 5.75 Å². The monoisotopic (exact) mass is 280 g/mol. The van der Waals surface area contributed by atoms with E-state index >= 15 is 0 Å². The molecular weight excluding hydrogens is 256 g/mol. The number of benzene rings is 1. The molecule has 1 aromatic carbocycles. The minimum atomic E-state index is -0.173. The first-order chi connectivity index (χ1) is 9.71. The van der Waals surface area contributed by atoms with Gasteiger partial charge in [0.15, 0.2) is 0 Å². The van der Waals surface area contributed by atoms with Crippen LogP contribution in [0.25, 0.3) is 0 Å². The fourth-order valence-electron chi connectivity index (χ4n) is 1.68. The highest BCUT2D eigenvalue weighted by Crippen LogP contribution is 2.12. The van der Waals surface area contributed by atoms with E-state index in [2.05, 4.69) is 12.2 Å². The quantitative estimate of drug-likeness (QED) is 0.673. The van der Waals surface area contributed by atoms with Crippen LogP contribution in [0.4, 0.5) is 0 Å². The lowest BCUT2D eigenvalue weighted by Crippen LogP contribution is -2.43. The molecule has 0 radical (unpaired) electrons. The van der Waals surface area contributed by atoms with Crippen LogP contribution in [0, 0.1) is 0 Å². The summed E-state index contributed by atoms with van der Waals surface area (Å²) < 4.78 is 10.5. The van der Waals surface area contributed by atoms with Gasteiger partial charge in [-0.25, -0.2) is 0 Å². The second kappa shape index (κ2) is 9.34. The average molecular weight is 280 g/mol. The predicted octanol–water partition coefficient (Wildman–Crippen LogP) is 1.57. The molecule has 1 aromatic rings. The first kappa shape index (κ1) is 16.5. The number of ether oxygens (including phenoxy) is 2. The summed E-state index contributed by atoms with van der Waals surface area (Å²) >= 11 is 0.